The van der Waals surface area contributed by atoms with E-state index in [9.17, 15) is 0 Å². The second-order valence-electron chi connectivity index (χ2n) is 4.48. The molecule has 2 heterocycles. The van der Waals surface area contributed by atoms with Crippen LogP contribution in [0.1, 0.15) is 22.4 Å². The summed E-state index contributed by atoms with van der Waals surface area (Å²) in [6.07, 6.45) is 0.967. The van der Waals surface area contributed by atoms with Crippen molar-refractivity contribution in [3.8, 4) is 0 Å². The van der Waals surface area contributed by atoms with Gasteiger partial charge >= 0.3 is 0 Å². The van der Waals surface area contributed by atoms with E-state index in [0.717, 1.165) is 35.6 Å². The van der Waals surface area contributed by atoms with Gasteiger partial charge in [0.15, 0.2) is 0 Å². The highest BCUT2D eigenvalue weighted by molar-refractivity contribution is 7.80. The van der Waals surface area contributed by atoms with Crippen LogP contribution in [-0.2, 0) is 6.42 Å². The number of rotatable bonds is 5. The molecular weight excluding hydrogens is 274 g/mol. The Kier molecular flexibility index (Phi) is 4.50. The molecule has 5 heteroatoms. The number of aromatic nitrogens is 1. The molecule has 0 aliphatic rings. The zero-order valence-electron chi connectivity index (χ0n) is 11.1. The number of nitrogens with one attached hydrogen (secondary N) is 1. The van der Waals surface area contributed by atoms with Gasteiger partial charge in [-0.25, -0.2) is 4.98 Å². The van der Waals surface area contributed by atoms with Crippen LogP contribution in [0.4, 0.5) is 5.82 Å². The lowest BCUT2D eigenvalue weighted by molar-refractivity contribution is 1.00. The third-order valence-electron chi connectivity index (χ3n) is 2.88. The van der Waals surface area contributed by atoms with Gasteiger partial charge in [-0.15, -0.1) is 0 Å². The summed E-state index contributed by atoms with van der Waals surface area (Å²) in [5.41, 5.74) is 10.0. The Labute approximate surface area is 122 Å². The monoisotopic (exact) mass is 291 g/mol. The third kappa shape index (κ3) is 3.52. The number of aryl methyl sites for hydroxylation is 2. The Morgan fingerprint density at radius 3 is 2.89 bits per heavy atom. The number of thiocarbonyl (C=S) groups is 1. The average Bonchev–Trinajstić information content (AvgIpc) is 2.80. The van der Waals surface area contributed by atoms with Gasteiger partial charge in [-0.2, -0.15) is 11.3 Å². The van der Waals surface area contributed by atoms with Gasteiger partial charge in [0.05, 0.1) is 5.56 Å². The number of anilines is 1. The second-order valence-corrected chi connectivity index (χ2v) is 5.70. The minimum atomic E-state index is 0.392. The van der Waals surface area contributed by atoms with Gasteiger partial charge in [0, 0.05) is 12.2 Å². The molecule has 0 atom stereocenters. The lowest BCUT2D eigenvalue weighted by Gasteiger charge is -2.13. The number of pyridine rings is 1. The molecule has 2 aromatic heterocycles. The Morgan fingerprint density at radius 1 is 1.47 bits per heavy atom. The molecule has 2 aromatic rings. The Bertz CT molecular complexity index is 577. The van der Waals surface area contributed by atoms with Crippen LogP contribution >= 0.6 is 23.6 Å². The van der Waals surface area contributed by atoms with E-state index in [2.05, 4.69) is 27.1 Å². The van der Waals surface area contributed by atoms with E-state index in [-0.39, 0.29) is 0 Å². The first kappa shape index (κ1) is 14.0. The Morgan fingerprint density at radius 2 is 2.26 bits per heavy atom. The normalized spacial score (nSPS) is 10.4. The number of nitrogens with two attached hydrogens (primary N) is 1. The van der Waals surface area contributed by atoms with Gasteiger partial charge in [-0.1, -0.05) is 12.2 Å². The summed E-state index contributed by atoms with van der Waals surface area (Å²) in [7, 11) is 0. The van der Waals surface area contributed by atoms with E-state index < -0.39 is 0 Å². The fourth-order valence-corrected chi connectivity index (χ4v) is 3.00. The third-order valence-corrected chi connectivity index (χ3v) is 3.81. The van der Waals surface area contributed by atoms with Crippen LogP contribution < -0.4 is 11.1 Å². The van der Waals surface area contributed by atoms with Crippen molar-refractivity contribution in [3.63, 3.8) is 0 Å². The Hall–Kier alpha value is -1.46. The first-order valence-electron chi connectivity index (χ1n) is 6.11. The largest absolute Gasteiger partial charge is 0.389 e. The summed E-state index contributed by atoms with van der Waals surface area (Å²) < 4.78 is 0. The van der Waals surface area contributed by atoms with Gasteiger partial charge in [-0.05, 0) is 54.3 Å². The van der Waals surface area contributed by atoms with Crippen LogP contribution in [0, 0.1) is 13.8 Å². The Balaban J connectivity index is 2.12. The minimum Gasteiger partial charge on any atom is -0.389 e. The van der Waals surface area contributed by atoms with Crippen molar-refractivity contribution in [1.82, 2.24) is 4.98 Å². The maximum Gasteiger partial charge on any atom is 0.136 e. The van der Waals surface area contributed by atoms with E-state index in [0.29, 0.717) is 4.99 Å². The molecule has 0 saturated heterocycles. The number of hydrogen-bond donors (Lipinski definition) is 2. The van der Waals surface area contributed by atoms with Crippen LogP contribution in [0.25, 0.3) is 0 Å². The fourth-order valence-electron chi connectivity index (χ4n) is 2.04. The first-order chi connectivity index (χ1) is 9.08. The number of thiophene rings is 1. The van der Waals surface area contributed by atoms with Gasteiger partial charge in [0.2, 0.25) is 0 Å². The summed E-state index contributed by atoms with van der Waals surface area (Å²) >= 11 is 6.82. The maximum absolute atomic E-state index is 5.78. The highest BCUT2D eigenvalue weighted by Gasteiger charge is 2.10. The van der Waals surface area contributed by atoms with Gasteiger partial charge < -0.3 is 11.1 Å². The molecule has 0 fully saturated rings. The standard InChI is InChI=1S/C14H17N3S2/c1-9-7-10(2)17-14(12(9)13(15)18)16-5-3-11-4-6-19-8-11/h4,6-8H,3,5H2,1-2H3,(H2,15,18)(H,16,17). The molecule has 0 amide bonds. The van der Waals surface area contributed by atoms with Crippen molar-refractivity contribution in [1.29, 1.82) is 0 Å². The molecule has 0 bridgehead atoms. The minimum absolute atomic E-state index is 0.392. The molecule has 0 aromatic carbocycles. The van der Waals surface area contributed by atoms with Crippen LogP contribution in [0.3, 0.4) is 0 Å². The van der Waals surface area contributed by atoms with E-state index in [1.807, 2.05) is 19.9 Å². The molecule has 0 aliphatic carbocycles. The molecule has 100 valence electrons. The molecule has 2 rings (SSSR count). The quantitative estimate of drug-likeness (QED) is 0.831. The highest BCUT2D eigenvalue weighted by atomic mass is 32.1. The lowest BCUT2D eigenvalue weighted by atomic mass is 10.1. The zero-order chi connectivity index (χ0) is 13.8. The summed E-state index contributed by atoms with van der Waals surface area (Å²) in [6, 6.07) is 4.13. The number of hydrogen-bond acceptors (Lipinski definition) is 4. The summed E-state index contributed by atoms with van der Waals surface area (Å²) in [5.74, 6) is 0.792. The first-order valence-corrected chi connectivity index (χ1v) is 7.46. The molecule has 0 saturated carbocycles. The summed E-state index contributed by atoms with van der Waals surface area (Å²) in [6.45, 7) is 4.80. The predicted molar refractivity (Wildman–Crippen MR) is 86.1 cm³/mol. The topological polar surface area (TPSA) is 50.9 Å². The molecule has 0 unspecified atom stereocenters. The van der Waals surface area contributed by atoms with Crippen LogP contribution in [0.5, 0.6) is 0 Å². The average molecular weight is 291 g/mol. The van der Waals surface area contributed by atoms with Crippen molar-refractivity contribution in [2.24, 2.45) is 5.73 Å². The second kappa shape index (κ2) is 6.12. The zero-order valence-corrected chi connectivity index (χ0v) is 12.7. The van der Waals surface area contributed by atoms with E-state index in [1.165, 1.54) is 5.56 Å². The summed E-state index contributed by atoms with van der Waals surface area (Å²) in [4.78, 5) is 4.89. The molecule has 0 radical (unpaired) electrons. The van der Waals surface area contributed by atoms with Crippen LogP contribution in [0.15, 0.2) is 22.9 Å². The molecule has 3 nitrogen and oxygen atoms in total. The van der Waals surface area contributed by atoms with Crippen molar-refractivity contribution >= 4 is 34.4 Å². The van der Waals surface area contributed by atoms with Crippen molar-refractivity contribution in [2.75, 3.05) is 11.9 Å². The predicted octanol–water partition coefficient (Wildman–Crippen LogP) is 3.05. The van der Waals surface area contributed by atoms with Crippen molar-refractivity contribution in [3.05, 3.63) is 45.3 Å². The van der Waals surface area contributed by atoms with E-state index in [1.54, 1.807) is 11.3 Å². The smallest absolute Gasteiger partial charge is 0.136 e. The SMILES string of the molecule is Cc1cc(C)c(C(N)=S)c(NCCc2ccsc2)n1. The molecule has 3 N–H and O–H groups in total. The summed E-state index contributed by atoms with van der Waals surface area (Å²) in [5, 5.41) is 7.59. The van der Waals surface area contributed by atoms with Gasteiger partial charge in [-0.3, -0.25) is 0 Å². The van der Waals surface area contributed by atoms with Crippen LogP contribution in [-0.4, -0.2) is 16.5 Å². The maximum atomic E-state index is 5.78. The molecule has 0 spiro atoms. The van der Waals surface area contributed by atoms with Gasteiger partial charge in [0.1, 0.15) is 10.8 Å². The molecule has 19 heavy (non-hydrogen) atoms. The molecular formula is C14H17N3S2. The van der Waals surface area contributed by atoms with E-state index in [4.69, 9.17) is 18.0 Å². The van der Waals surface area contributed by atoms with Crippen LogP contribution in [0.2, 0.25) is 0 Å². The van der Waals surface area contributed by atoms with E-state index >= 15 is 0 Å². The fraction of sp³-hybridized carbons (Fsp3) is 0.286. The molecule has 0 aliphatic heterocycles. The number of nitrogens with zero attached hydrogens (tertiary/aromatic N) is 1. The van der Waals surface area contributed by atoms with Crippen molar-refractivity contribution in [2.45, 2.75) is 20.3 Å². The van der Waals surface area contributed by atoms with Gasteiger partial charge in [0.25, 0.3) is 0 Å². The lowest BCUT2D eigenvalue weighted by Crippen LogP contribution is -2.17. The highest BCUT2D eigenvalue weighted by Crippen LogP contribution is 2.18. The van der Waals surface area contributed by atoms with Crippen molar-refractivity contribution < 1.29 is 0 Å².